The van der Waals surface area contributed by atoms with Gasteiger partial charge in [-0.25, -0.2) is 5.43 Å². The monoisotopic (exact) mass is 333 g/mol. The quantitative estimate of drug-likeness (QED) is 0.912. The first-order valence-electron chi connectivity index (χ1n) is 7.57. The fourth-order valence-electron chi connectivity index (χ4n) is 2.66. The van der Waals surface area contributed by atoms with Crippen LogP contribution >= 0.6 is 11.8 Å². The first-order chi connectivity index (χ1) is 11.2. The normalized spacial score (nSPS) is 21.4. The molecule has 0 radical (unpaired) electrons. The van der Waals surface area contributed by atoms with Crippen LogP contribution in [0.5, 0.6) is 5.75 Å². The molecule has 2 aliphatic rings. The Morgan fingerprint density at radius 1 is 1.35 bits per heavy atom. The SMILES string of the molecule is COc1ccc(C2CN(C(=O)C3=NNC(=O)CC3)CCS2)cc1. The number of carbonyl (C=O) groups is 2. The van der Waals surface area contributed by atoms with Crippen molar-refractivity contribution in [3.05, 3.63) is 29.8 Å². The molecule has 23 heavy (non-hydrogen) atoms. The number of benzene rings is 1. The molecular weight excluding hydrogens is 314 g/mol. The Morgan fingerprint density at radius 2 is 2.13 bits per heavy atom. The van der Waals surface area contributed by atoms with Crippen molar-refractivity contribution in [3.8, 4) is 5.75 Å². The number of hydrogen-bond donors (Lipinski definition) is 1. The zero-order chi connectivity index (χ0) is 16.2. The van der Waals surface area contributed by atoms with Crippen molar-refractivity contribution >= 4 is 29.3 Å². The summed E-state index contributed by atoms with van der Waals surface area (Å²) >= 11 is 1.85. The molecule has 0 saturated carbocycles. The fourth-order valence-corrected chi connectivity index (χ4v) is 3.91. The molecule has 0 spiro atoms. The minimum absolute atomic E-state index is 0.0659. The van der Waals surface area contributed by atoms with Crippen LogP contribution in [0.3, 0.4) is 0 Å². The Labute approximate surface area is 139 Å². The van der Waals surface area contributed by atoms with Gasteiger partial charge in [-0.1, -0.05) is 12.1 Å². The van der Waals surface area contributed by atoms with Gasteiger partial charge in [0.25, 0.3) is 5.91 Å². The molecule has 122 valence electrons. The summed E-state index contributed by atoms with van der Waals surface area (Å²) in [5.74, 6) is 1.52. The van der Waals surface area contributed by atoms with Crippen LogP contribution in [0.15, 0.2) is 29.4 Å². The number of methoxy groups -OCH3 is 1. The van der Waals surface area contributed by atoms with Gasteiger partial charge in [-0.05, 0) is 17.7 Å². The molecule has 1 aromatic rings. The molecule has 2 amide bonds. The van der Waals surface area contributed by atoms with Crippen molar-refractivity contribution in [1.82, 2.24) is 10.3 Å². The van der Waals surface area contributed by atoms with Crippen molar-refractivity contribution < 1.29 is 14.3 Å². The second-order valence-electron chi connectivity index (χ2n) is 5.48. The number of rotatable bonds is 3. The first kappa shape index (κ1) is 15.9. The molecule has 0 bridgehead atoms. The zero-order valence-corrected chi connectivity index (χ0v) is 13.8. The average molecular weight is 333 g/mol. The number of thioether (sulfide) groups is 1. The summed E-state index contributed by atoms with van der Waals surface area (Å²) in [6, 6.07) is 7.97. The Morgan fingerprint density at radius 3 is 2.78 bits per heavy atom. The van der Waals surface area contributed by atoms with E-state index >= 15 is 0 Å². The van der Waals surface area contributed by atoms with Gasteiger partial charge in [0.05, 0.1) is 7.11 Å². The summed E-state index contributed by atoms with van der Waals surface area (Å²) < 4.78 is 5.18. The van der Waals surface area contributed by atoms with Crippen LogP contribution in [-0.2, 0) is 9.59 Å². The van der Waals surface area contributed by atoms with Gasteiger partial charge in [-0.3, -0.25) is 9.59 Å². The lowest BCUT2D eigenvalue weighted by Crippen LogP contribution is -2.44. The summed E-state index contributed by atoms with van der Waals surface area (Å²) in [6.45, 7) is 1.37. The van der Waals surface area contributed by atoms with E-state index in [4.69, 9.17) is 4.74 Å². The third-order valence-electron chi connectivity index (χ3n) is 3.99. The molecule has 1 fully saturated rings. The lowest BCUT2D eigenvalue weighted by molar-refractivity contribution is -0.124. The topological polar surface area (TPSA) is 71.0 Å². The van der Waals surface area contributed by atoms with Crippen LogP contribution in [0, 0.1) is 0 Å². The summed E-state index contributed by atoms with van der Waals surface area (Å²) in [4.78, 5) is 25.5. The van der Waals surface area contributed by atoms with E-state index in [2.05, 4.69) is 10.5 Å². The fraction of sp³-hybridized carbons (Fsp3) is 0.438. The Balaban J connectivity index is 1.67. The van der Waals surface area contributed by atoms with Crippen molar-refractivity contribution in [1.29, 1.82) is 0 Å². The lowest BCUT2D eigenvalue weighted by Gasteiger charge is -2.33. The largest absolute Gasteiger partial charge is 0.497 e. The summed E-state index contributed by atoms with van der Waals surface area (Å²) in [5, 5.41) is 4.16. The highest BCUT2D eigenvalue weighted by molar-refractivity contribution is 7.99. The van der Waals surface area contributed by atoms with E-state index in [-0.39, 0.29) is 17.1 Å². The van der Waals surface area contributed by atoms with Gasteiger partial charge in [0.15, 0.2) is 0 Å². The Kier molecular flexibility index (Phi) is 4.85. The van der Waals surface area contributed by atoms with E-state index in [0.29, 0.717) is 31.6 Å². The van der Waals surface area contributed by atoms with Gasteiger partial charge in [0.2, 0.25) is 5.91 Å². The number of amides is 2. The van der Waals surface area contributed by atoms with Gasteiger partial charge in [0.1, 0.15) is 11.5 Å². The van der Waals surface area contributed by atoms with Crippen LogP contribution in [0.4, 0.5) is 0 Å². The lowest BCUT2D eigenvalue weighted by atomic mass is 10.1. The van der Waals surface area contributed by atoms with Crippen molar-refractivity contribution in [2.45, 2.75) is 18.1 Å². The van der Waals surface area contributed by atoms with Crippen LogP contribution in [0.25, 0.3) is 0 Å². The second-order valence-corrected chi connectivity index (χ2v) is 6.79. The van der Waals surface area contributed by atoms with Crippen LogP contribution in [-0.4, -0.2) is 48.4 Å². The van der Waals surface area contributed by atoms with Gasteiger partial charge in [0, 0.05) is 36.9 Å². The maximum atomic E-state index is 12.6. The van der Waals surface area contributed by atoms with Crippen molar-refractivity contribution in [2.24, 2.45) is 5.10 Å². The predicted molar refractivity (Wildman–Crippen MR) is 89.6 cm³/mol. The molecule has 1 saturated heterocycles. The molecule has 1 aromatic carbocycles. The van der Waals surface area contributed by atoms with E-state index in [1.54, 1.807) is 7.11 Å². The number of hydrogen-bond acceptors (Lipinski definition) is 5. The van der Waals surface area contributed by atoms with Crippen LogP contribution in [0.1, 0.15) is 23.7 Å². The van der Waals surface area contributed by atoms with E-state index < -0.39 is 0 Å². The van der Waals surface area contributed by atoms with E-state index in [1.807, 2.05) is 40.9 Å². The van der Waals surface area contributed by atoms with Crippen LogP contribution < -0.4 is 10.2 Å². The molecule has 0 aromatic heterocycles. The average Bonchev–Trinajstić information content (AvgIpc) is 2.62. The van der Waals surface area contributed by atoms with Gasteiger partial charge < -0.3 is 9.64 Å². The minimum Gasteiger partial charge on any atom is -0.497 e. The highest BCUT2D eigenvalue weighted by Crippen LogP contribution is 2.34. The second kappa shape index (κ2) is 7.04. The third-order valence-corrected chi connectivity index (χ3v) is 5.23. The summed E-state index contributed by atoms with van der Waals surface area (Å²) in [5.41, 5.74) is 4.03. The molecular formula is C16H19N3O3S. The molecule has 1 atom stereocenters. The standard InChI is InChI=1S/C16H19N3O3S/c1-22-12-4-2-11(3-5-12)14-10-19(8-9-23-14)16(21)13-6-7-15(20)18-17-13/h2-5,14H,6-10H2,1H3,(H,18,20). The molecule has 1 unspecified atom stereocenters. The van der Waals surface area contributed by atoms with E-state index in [0.717, 1.165) is 11.5 Å². The molecule has 3 rings (SSSR count). The third kappa shape index (κ3) is 3.67. The van der Waals surface area contributed by atoms with Gasteiger partial charge in [-0.2, -0.15) is 16.9 Å². The van der Waals surface area contributed by atoms with Gasteiger partial charge >= 0.3 is 0 Å². The molecule has 0 aliphatic carbocycles. The number of nitrogens with one attached hydrogen (secondary N) is 1. The molecule has 7 heteroatoms. The highest BCUT2D eigenvalue weighted by atomic mass is 32.2. The summed E-state index contributed by atoms with van der Waals surface area (Å²) in [6.07, 6.45) is 0.747. The zero-order valence-electron chi connectivity index (χ0n) is 12.9. The number of nitrogens with zero attached hydrogens (tertiary/aromatic N) is 2. The molecule has 2 aliphatic heterocycles. The molecule has 1 N–H and O–H groups in total. The molecule has 2 heterocycles. The van der Waals surface area contributed by atoms with E-state index in [1.165, 1.54) is 5.56 Å². The molecule has 6 nitrogen and oxygen atoms in total. The van der Waals surface area contributed by atoms with Crippen LogP contribution in [0.2, 0.25) is 0 Å². The number of ether oxygens (including phenoxy) is 1. The van der Waals surface area contributed by atoms with E-state index in [9.17, 15) is 9.59 Å². The minimum atomic E-state index is -0.133. The van der Waals surface area contributed by atoms with Crippen molar-refractivity contribution in [3.63, 3.8) is 0 Å². The first-order valence-corrected chi connectivity index (χ1v) is 8.62. The summed E-state index contributed by atoms with van der Waals surface area (Å²) in [7, 11) is 1.65. The smallest absolute Gasteiger partial charge is 0.270 e. The number of hydrazone groups is 1. The van der Waals surface area contributed by atoms with Gasteiger partial charge in [-0.15, -0.1) is 0 Å². The Bertz CT molecular complexity index is 630. The number of carbonyl (C=O) groups excluding carboxylic acids is 2. The maximum Gasteiger partial charge on any atom is 0.270 e. The highest BCUT2D eigenvalue weighted by Gasteiger charge is 2.29. The van der Waals surface area contributed by atoms with Crippen molar-refractivity contribution in [2.75, 3.05) is 26.0 Å². The predicted octanol–water partition coefficient (Wildman–Crippen LogP) is 1.58. The Hall–Kier alpha value is -2.02. The maximum absolute atomic E-state index is 12.6.